The standard InChI is InChI=1S/C21H18N4O3/c1-12-3-8-16-17(9-12)25(2)18(26)10-14-11-22-21(24-19(14)16)23-15-6-4-13(5-7-15)20(27)28/h3-9,11H,10H2,1-2H3,(H,27,28)(H,22,23,24). The molecule has 1 aromatic heterocycles. The summed E-state index contributed by atoms with van der Waals surface area (Å²) in [4.78, 5) is 34.1. The zero-order valence-electron chi connectivity index (χ0n) is 15.4. The van der Waals surface area contributed by atoms with Crippen LogP contribution in [0.15, 0.2) is 48.7 Å². The van der Waals surface area contributed by atoms with E-state index in [4.69, 9.17) is 5.11 Å². The van der Waals surface area contributed by atoms with Crippen LogP contribution in [0.5, 0.6) is 0 Å². The third kappa shape index (κ3) is 3.18. The van der Waals surface area contributed by atoms with Crippen LogP contribution in [0.25, 0.3) is 11.3 Å². The Bertz CT molecular complexity index is 1090. The molecule has 2 aromatic carbocycles. The van der Waals surface area contributed by atoms with Gasteiger partial charge in [0.25, 0.3) is 0 Å². The van der Waals surface area contributed by atoms with E-state index in [0.717, 1.165) is 22.4 Å². The molecule has 140 valence electrons. The molecule has 1 aliphatic rings. The maximum Gasteiger partial charge on any atom is 0.335 e. The Hall–Kier alpha value is -3.74. The normalized spacial score (nSPS) is 12.8. The number of nitrogens with zero attached hydrogens (tertiary/aromatic N) is 3. The van der Waals surface area contributed by atoms with Crippen molar-refractivity contribution in [2.45, 2.75) is 13.3 Å². The highest BCUT2D eigenvalue weighted by Crippen LogP contribution is 2.36. The monoisotopic (exact) mass is 374 g/mol. The number of benzene rings is 2. The average Bonchev–Trinajstić information content (AvgIpc) is 2.78. The molecule has 4 rings (SSSR count). The number of hydrogen-bond donors (Lipinski definition) is 2. The van der Waals surface area contributed by atoms with E-state index in [1.807, 2.05) is 25.1 Å². The van der Waals surface area contributed by atoms with Gasteiger partial charge in [-0.2, -0.15) is 0 Å². The van der Waals surface area contributed by atoms with Gasteiger partial charge in [-0.25, -0.2) is 14.8 Å². The van der Waals surface area contributed by atoms with E-state index in [1.54, 1.807) is 30.3 Å². The zero-order valence-corrected chi connectivity index (χ0v) is 15.4. The molecule has 2 N–H and O–H groups in total. The van der Waals surface area contributed by atoms with Gasteiger partial charge in [-0.1, -0.05) is 12.1 Å². The fourth-order valence-electron chi connectivity index (χ4n) is 3.19. The van der Waals surface area contributed by atoms with Crippen molar-refractivity contribution in [1.29, 1.82) is 0 Å². The molecule has 0 aliphatic carbocycles. The molecule has 0 saturated carbocycles. The Morgan fingerprint density at radius 1 is 1.18 bits per heavy atom. The van der Waals surface area contributed by atoms with Gasteiger partial charge in [0.1, 0.15) is 0 Å². The summed E-state index contributed by atoms with van der Waals surface area (Å²) in [5, 5.41) is 12.1. The molecule has 28 heavy (non-hydrogen) atoms. The predicted octanol–water partition coefficient (Wildman–Crippen LogP) is 3.41. The van der Waals surface area contributed by atoms with E-state index >= 15 is 0 Å². The topological polar surface area (TPSA) is 95.4 Å². The molecule has 3 aromatic rings. The fraction of sp³-hybridized carbons (Fsp3) is 0.143. The molecule has 2 heterocycles. The van der Waals surface area contributed by atoms with Gasteiger partial charge in [-0.05, 0) is 42.8 Å². The highest BCUT2D eigenvalue weighted by molar-refractivity contribution is 6.01. The number of nitrogens with one attached hydrogen (secondary N) is 1. The first kappa shape index (κ1) is 17.7. The maximum absolute atomic E-state index is 12.5. The molecule has 0 fully saturated rings. The van der Waals surface area contributed by atoms with Crippen LogP contribution in [-0.4, -0.2) is 34.0 Å². The molecule has 0 spiro atoms. The smallest absolute Gasteiger partial charge is 0.335 e. The van der Waals surface area contributed by atoms with Gasteiger partial charge < -0.3 is 15.3 Å². The van der Waals surface area contributed by atoms with E-state index in [0.29, 0.717) is 17.3 Å². The summed E-state index contributed by atoms with van der Waals surface area (Å²) in [7, 11) is 1.77. The lowest BCUT2D eigenvalue weighted by Gasteiger charge is -2.18. The van der Waals surface area contributed by atoms with E-state index in [-0.39, 0.29) is 17.9 Å². The minimum Gasteiger partial charge on any atom is -0.478 e. The lowest BCUT2D eigenvalue weighted by molar-refractivity contribution is -0.117. The number of amides is 1. The minimum absolute atomic E-state index is 0.0147. The summed E-state index contributed by atoms with van der Waals surface area (Å²) >= 11 is 0. The zero-order chi connectivity index (χ0) is 19.8. The maximum atomic E-state index is 12.5. The van der Waals surface area contributed by atoms with Crippen molar-refractivity contribution < 1.29 is 14.7 Å². The van der Waals surface area contributed by atoms with E-state index in [2.05, 4.69) is 15.3 Å². The molecule has 1 aliphatic heterocycles. The van der Waals surface area contributed by atoms with Gasteiger partial charge in [-0.15, -0.1) is 0 Å². The number of carboxylic acid groups (broad SMARTS) is 1. The SMILES string of the molecule is Cc1ccc2c(c1)N(C)C(=O)Cc1cnc(Nc3ccc(C(=O)O)cc3)nc1-2. The number of rotatable bonds is 3. The van der Waals surface area contributed by atoms with Gasteiger partial charge in [-0.3, -0.25) is 4.79 Å². The Kier molecular flexibility index (Phi) is 4.27. The Morgan fingerprint density at radius 3 is 2.64 bits per heavy atom. The molecule has 1 amide bonds. The third-order valence-electron chi connectivity index (χ3n) is 4.74. The van der Waals surface area contributed by atoms with E-state index in [9.17, 15) is 9.59 Å². The Morgan fingerprint density at radius 2 is 1.93 bits per heavy atom. The second kappa shape index (κ2) is 6.77. The summed E-state index contributed by atoms with van der Waals surface area (Å²) in [6.07, 6.45) is 1.89. The fourth-order valence-corrected chi connectivity index (χ4v) is 3.19. The van der Waals surface area contributed by atoms with E-state index < -0.39 is 5.97 Å². The van der Waals surface area contributed by atoms with Crippen LogP contribution in [0, 0.1) is 6.92 Å². The van der Waals surface area contributed by atoms with Crippen LogP contribution in [0.4, 0.5) is 17.3 Å². The van der Waals surface area contributed by atoms with Gasteiger partial charge in [0.2, 0.25) is 11.9 Å². The highest BCUT2D eigenvalue weighted by Gasteiger charge is 2.25. The quantitative estimate of drug-likeness (QED) is 0.729. The van der Waals surface area contributed by atoms with Crippen molar-refractivity contribution in [2.24, 2.45) is 0 Å². The first-order chi connectivity index (χ1) is 13.4. The number of hydrogen-bond acceptors (Lipinski definition) is 5. The summed E-state index contributed by atoms with van der Waals surface area (Å²) in [6.45, 7) is 1.98. The number of carbonyl (C=O) groups excluding carboxylic acids is 1. The number of aromatic carboxylic acids is 1. The predicted molar refractivity (Wildman–Crippen MR) is 106 cm³/mol. The van der Waals surface area contributed by atoms with Crippen molar-refractivity contribution in [3.8, 4) is 11.3 Å². The number of likely N-dealkylation sites (N-methyl/N-ethyl adjacent to an activating group) is 1. The molecule has 7 heteroatoms. The highest BCUT2D eigenvalue weighted by atomic mass is 16.4. The second-order valence-electron chi connectivity index (χ2n) is 6.73. The van der Waals surface area contributed by atoms with Crippen molar-refractivity contribution in [3.05, 3.63) is 65.4 Å². The molecular formula is C21H18N4O3. The van der Waals surface area contributed by atoms with Crippen LogP contribution in [0.3, 0.4) is 0 Å². The average molecular weight is 374 g/mol. The number of anilines is 3. The van der Waals surface area contributed by atoms with Crippen molar-refractivity contribution in [3.63, 3.8) is 0 Å². The third-order valence-corrected chi connectivity index (χ3v) is 4.74. The summed E-state index contributed by atoms with van der Waals surface area (Å²) in [5.74, 6) is -0.613. The van der Waals surface area contributed by atoms with Crippen LogP contribution in [-0.2, 0) is 11.2 Å². The summed E-state index contributed by atoms with van der Waals surface area (Å²) < 4.78 is 0. The van der Waals surface area contributed by atoms with E-state index in [1.165, 1.54) is 12.1 Å². The molecule has 7 nitrogen and oxygen atoms in total. The van der Waals surface area contributed by atoms with Gasteiger partial charge in [0, 0.05) is 30.1 Å². The molecule has 0 saturated heterocycles. The Balaban J connectivity index is 1.74. The molecule has 0 radical (unpaired) electrons. The van der Waals surface area contributed by atoms with Crippen LogP contribution >= 0.6 is 0 Å². The van der Waals surface area contributed by atoms with Crippen LogP contribution < -0.4 is 10.2 Å². The van der Waals surface area contributed by atoms with Crippen LogP contribution in [0.1, 0.15) is 21.5 Å². The van der Waals surface area contributed by atoms with Gasteiger partial charge >= 0.3 is 5.97 Å². The second-order valence-corrected chi connectivity index (χ2v) is 6.73. The number of carbonyl (C=O) groups is 2. The van der Waals surface area contributed by atoms with Crippen molar-refractivity contribution in [2.75, 3.05) is 17.3 Å². The molecular weight excluding hydrogens is 356 g/mol. The van der Waals surface area contributed by atoms with Gasteiger partial charge in [0.15, 0.2) is 0 Å². The number of fused-ring (bicyclic) bond motifs is 3. The first-order valence-corrected chi connectivity index (χ1v) is 8.76. The lowest BCUT2D eigenvalue weighted by atomic mass is 10.0. The molecule has 0 atom stereocenters. The van der Waals surface area contributed by atoms with Crippen LogP contribution in [0.2, 0.25) is 0 Å². The first-order valence-electron chi connectivity index (χ1n) is 8.76. The number of aromatic nitrogens is 2. The summed E-state index contributed by atoms with van der Waals surface area (Å²) in [6, 6.07) is 12.3. The van der Waals surface area contributed by atoms with Gasteiger partial charge in [0.05, 0.1) is 23.4 Å². The minimum atomic E-state index is -0.978. The largest absolute Gasteiger partial charge is 0.478 e. The Labute approximate surface area is 161 Å². The van der Waals surface area contributed by atoms with Crippen molar-refractivity contribution in [1.82, 2.24) is 9.97 Å². The number of carboxylic acids is 1. The molecule has 0 bridgehead atoms. The lowest BCUT2D eigenvalue weighted by Crippen LogP contribution is -2.26. The summed E-state index contributed by atoms with van der Waals surface area (Å²) in [5.41, 5.74) is 5.13. The van der Waals surface area contributed by atoms with Crippen molar-refractivity contribution >= 4 is 29.2 Å². The number of aryl methyl sites for hydroxylation is 1. The molecule has 0 unspecified atom stereocenters.